The van der Waals surface area contributed by atoms with Gasteiger partial charge < -0.3 is 15.4 Å². The standard InChI is InChI=1S/C30H35N3O6/c1-30(2,3)26(29(37)31-4)32-27(35)23(17-19-14-15-20-10-8-9-13-22(20)16-19)25(28(36)33-38)39-18-24(34)21-11-6-5-7-12-21/h5-16,23,25-26,38H,17-18H2,1-4H3,(H,31,37)(H,32,35)(H,33,36)/t23-,25+,26-/m1/s1. The fourth-order valence-corrected chi connectivity index (χ4v) is 4.34. The molecule has 3 rings (SSSR count). The van der Waals surface area contributed by atoms with E-state index >= 15 is 0 Å². The molecule has 0 saturated carbocycles. The van der Waals surface area contributed by atoms with Gasteiger partial charge in [-0.05, 0) is 28.2 Å². The maximum absolute atomic E-state index is 13.7. The Bertz CT molecular complexity index is 1320. The average Bonchev–Trinajstić information content (AvgIpc) is 2.94. The number of carbonyl (C=O) groups excluding carboxylic acids is 4. The molecule has 206 valence electrons. The summed E-state index contributed by atoms with van der Waals surface area (Å²) in [5, 5.41) is 16.8. The Morgan fingerprint density at radius 2 is 1.49 bits per heavy atom. The molecule has 0 aromatic heterocycles. The van der Waals surface area contributed by atoms with Crippen LogP contribution in [0.3, 0.4) is 0 Å². The summed E-state index contributed by atoms with van der Waals surface area (Å²) in [6.45, 7) is 4.91. The third-order valence-corrected chi connectivity index (χ3v) is 6.49. The Labute approximate surface area is 227 Å². The van der Waals surface area contributed by atoms with Crippen molar-refractivity contribution in [2.75, 3.05) is 13.7 Å². The zero-order chi connectivity index (χ0) is 28.6. The molecule has 0 fully saturated rings. The number of likely N-dealkylation sites (N-methyl/N-ethyl adjacent to an activating group) is 1. The second-order valence-electron chi connectivity index (χ2n) is 10.4. The maximum atomic E-state index is 13.7. The number of ketones is 1. The fourth-order valence-electron chi connectivity index (χ4n) is 4.34. The lowest BCUT2D eigenvalue weighted by Gasteiger charge is -2.32. The lowest BCUT2D eigenvalue weighted by atomic mass is 9.84. The van der Waals surface area contributed by atoms with Gasteiger partial charge >= 0.3 is 0 Å². The highest BCUT2D eigenvalue weighted by atomic mass is 16.5. The summed E-state index contributed by atoms with van der Waals surface area (Å²) in [5.41, 5.74) is 2.02. The van der Waals surface area contributed by atoms with Crippen molar-refractivity contribution in [3.05, 3.63) is 83.9 Å². The third-order valence-electron chi connectivity index (χ3n) is 6.49. The van der Waals surface area contributed by atoms with Crippen LogP contribution < -0.4 is 16.1 Å². The van der Waals surface area contributed by atoms with Gasteiger partial charge in [-0.15, -0.1) is 0 Å². The zero-order valence-corrected chi connectivity index (χ0v) is 22.6. The number of ether oxygens (including phenoxy) is 1. The summed E-state index contributed by atoms with van der Waals surface area (Å²) in [6.07, 6.45) is -1.49. The molecule has 3 aromatic carbocycles. The molecule has 0 aliphatic carbocycles. The molecule has 0 aliphatic heterocycles. The predicted molar refractivity (Wildman–Crippen MR) is 147 cm³/mol. The Balaban J connectivity index is 1.96. The molecule has 0 spiro atoms. The Kier molecular flexibility index (Phi) is 9.92. The van der Waals surface area contributed by atoms with Crippen molar-refractivity contribution in [1.82, 2.24) is 16.1 Å². The number of hydroxylamine groups is 1. The first-order valence-electron chi connectivity index (χ1n) is 12.7. The molecule has 9 heteroatoms. The summed E-state index contributed by atoms with van der Waals surface area (Å²) >= 11 is 0. The number of Topliss-reactive ketones (excluding diaryl/α,β-unsaturated/α-hetero) is 1. The molecule has 39 heavy (non-hydrogen) atoms. The summed E-state index contributed by atoms with van der Waals surface area (Å²) < 4.78 is 5.73. The maximum Gasteiger partial charge on any atom is 0.273 e. The second-order valence-corrected chi connectivity index (χ2v) is 10.4. The van der Waals surface area contributed by atoms with Gasteiger partial charge in [0.25, 0.3) is 5.91 Å². The number of nitrogens with one attached hydrogen (secondary N) is 3. The van der Waals surface area contributed by atoms with Gasteiger partial charge in [-0.3, -0.25) is 24.4 Å². The van der Waals surface area contributed by atoms with Crippen LogP contribution in [0.5, 0.6) is 0 Å². The quantitative estimate of drug-likeness (QED) is 0.170. The van der Waals surface area contributed by atoms with E-state index in [4.69, 9.17) is 4.74 Å². The fraction of sp³-hybridized carbons (Fsp3) is 0.333. The molecule has 3 aromatic rings. The Hall–Kier alpha value is -4.08. The molecule has 4 N–H and O–H groups in total. The highest BCUT2D eigenvalue weighted by Gasteiger charge is 2.39. The zero-order valence-electron chi connectivity index (χ0n) is 22.6. The number of hydrogen-bond acceptors (Lipinski definition) is 6. The summed E-state index contributed by atoms with van der Waals surface area (Å²) in [5.74, 6) is -3.59. The topological polar surface area (TPSA) is 134 Å². The van der Waals surface area contributed by atoms with E-state index < -0.39 is 53.6 Å². The molecule has 0 saturated heterocycles. The summed E-state index contributed by atoms with van der Waals surface area (Å²) in [6, 6.07) is 20.8. The first kappa shape index (κ1) is 29.5. The van der Waals surface area contributed by atoms with E-state index in [1.807, 2.05) is 42.5 Å². The predicted octanol–water partition coefficient (Wildman–Crippen LogP) is 3.05. The highest BCUT2D eigenvalue weighted by molar-refractivity contribution is 5.97. The van der Waals surface area contributed by atoms with Crippen molar-refractivity contribution in [2.45, 2.75) is 39.3 Å². The molecule has 9 nitrogen and oxygen atoms in total. The average molecular weight is 534 g/mol. The van der Waals surface area contributed by atoms with Crippen LogP contribution in [0.2, 0.25) is 0 Å². The van der Waals surface area contributed by atoms with E-state index in [1.54, 1.807) is 56.6 Å². The van der Waals surface area contributed by atoms with Gasteiger partial charge in [-0.25, -0.2) is 5.48 Å². The van der Waals surface area contributed by atoms with E-state index in [2.05, 4.69) is 10.6 Å². The molecular weight excluding hydrogens is 498 g/mol. The van der Waals surface area contributed by atoms with Crippen molar-refractivity contribution < 1.29 is 29.1 Å². The molecule has 0 aliphatic rings. The monoisotopic (exact) mass is 533 g/mol. The lowest BCUT2D eigenvalue weighted by Crippen LogP contribution is -2.57. The minimum absolute atomic E-state index is 0.0406. The normalized spacial score (nSPS) is 13.7. The van der Waals surface area contributed by atoms with Crippen molar-refractivity contribution >= 4 is 34.3 Å². The minimum Gasteiger partial charge on any atom is -0.359 e. The van der Waals surface area contributed by atoms with Crippen LogP contribution in [0, 0.1) is 11.3 Å². The van der Waals surface area contributed by atoms with Crippen LogP contribution >= 0.6 is 0 Å². The number of benzene rings is 3. The molecule has 0 radical (unpaired) electrons. The first-order chi connectivity index (χ1) is 18.5. The van der Waals surface area contributed by atoms with Gasteiger partial charge in [0.15, 0.2) is 11.9 Å². The van der Waals surface area contributed by atoms with Gasteiger partial charge in [0, 0.05) is 12.6 Å². The van der Waals surface area contributed by atoms with Crippen LogP contribution in [-0.2, 0) is 25.5 Å². The van der Waals surface area contributed by atoms with Crippen molar-refractivity contribution in [3.63, 3.8) is 0 Å². The van der Waals surface area contributed by atoms with Crippen LogP contribution in [0.25, 0.3) is 10.8 Å². The molecule has 0 bridgehead atoms. The first-order valence-corrected chi connectivity index (χ1v) is 12.7. The summed E-state index contributed by atoms with van der Waals surface area (Å²) in [4.78, 5) is 51.9. The number of carbonyl (C=O) groups is 4. The number of hydrogen-bond donors (Lipinski definition) is 4. The molecular formula is C30H35N3O6. The second kappa shape index (κ2) is 13.1. The smallest absolute Gasteiger partial charge is 0.273 e. The van der Waals surface area contributed by atoms with Gasteiger partial charge in [0.05, 0.1) is 5.92 Å². The van der Waals surface area contributed by atoms with Gasteiger partial charge in [0.2, 0.25) is 11.8 Å². The van der Waals surface area contributed by atoms with Crippen molar-refractivity contribution in [2.24, 2.45) is 11.3 Å². The Morgan fingerprint density at radius 1 is 0.846 bits per heavy atom. The van der Waals surface area contributed by atoms with E-state index in [0.29, 0.717) is 5.56 Å². The van der Waals surface area contributed by atoms with Gasteiger partial charge in [0.1, 0.15) is 12.6 Å². The van der Waals surface area contributed by atoms with E-state index in [0.717, 1.165) is 16.3 Å². The van der Waals surface area contributed by atoms with E-state index in [1.165, 1.54) is 7.05 Å². The lowest BCUT2D eigenvalue weighted by molar-refractivity contribution is -0.150. The van der Waals surface area contributed by atoms with Crippen LogP contribution in [0.1, 0.15) is 36.7 Å². The van der Waals surface area contributed by atoms with E-state index in [9.17, 15) is 24.4 Å². The minimum atomic E-state index is -1.53. The van der Waals surface area contributed by atoms with Crippen molar-refractivity contribution in [1.29, 1.82) is 0 Å². The van der Waals surface area contributed by atoms with Gasteiger partial charge in [-0.2, -0.15) is 0 Å². The molecule has 3 amide bonds. The molecule has 3 atom stereocenters. The molecule has 0 unspecified atom stereocenters. The highest BCUT2D eigenvalue weighted by Crippen LogP contribution is 2.24. The number of fused-ring (bicyclic) bond motifs is 1. The Morgan fingerprint density at radius 3 is 2.10 bits per heavy atom. The third kappa shape index (κ3) is 7.72. The van der Waals surface area contributed by atoms with Crippen LogP contribution in [-0.4, -0.2) is 54.5 Å². The van der Waals surface area contributed by atoms with Crippen molar-refractivity contribution in [3.8, 4) is 0 Å². The van der Waals surface area contributed by atoms with Crippen LogP contribution in [0.4, 0.5) is 0 Å². The van der Waals surface area contributed by atoms with Crippen LogP contribution in [0.15, 0.2) is 72.8 Å². The summed E-state index contributed by atoms with van der Waals surface area (Å²) in [7, 11) is 1.47. The largest absolute Gasteiger partial charge is 0.359 e. The molecule has 0 heterocycles. The SMILES string of the molecule is CNC(=O)[C@@H](NC(=O)[C@H](Cc1ccc2ccccc2c1)[C@H](OCC(=O)c1ccccc1)C(=O)NO)C(C)(C)C. The van der Waals surface area contributed by atoms with E-state index in [-0.39, 0.29) is 6.42 Å². The number of rotatable bonds is 11. The number of amides is 3. The van der Waals surface area contributed by atoms with Gasteiger partial charge in [-0.1, -0.05) is 93.6 Å².